The summed E-state index contributed by atoms with van der Waals surface area (Å²) in [5.41, 5.74) is 1.96. The van der Waals surface area contributed by atoms with Gasteiger partial charge in [-0.15, -0.1) is 24.0 Å². The van der Waals surface area contributed by atoms with E-state index in [0.29, 0.717) is 24.0 Å². The molecule has 2 N–H and O–H groups in total. The Morgan fingerprint density at radius 3 is 2.62 bits per heavy atom. The number of nitrogens with one attached hydrogen (secondary N) is 2. The van der Waals surface area contributed by atoms with Crippen LogP contribution in [-0.4, -0.2) is 58.5 Å². The molecule has 1 saturated heterocycles. The monoisotopic (exact) mass is 513 g/mol. The predicted octanol–water partition coefficient (Wildman–Crippen LogP) is 2.74. The number of aliphatic imine (C=N–C) groups is 1. The molecule has 2 aromatic rings. The van der Waals surface area contributed by atoms with Crippen molar-refractivity contribution in [2.75, 3.05) is 57.8 Å². The summed E-state index contributed by atoms with van der Waals surface area (Å²) in [6.07, 6.45) is 1.82. The van der Waals surface area contributed by atoms with E-state index < -0.39 is 0 Å². The first kappa shape index (κ1) is 23.0. The summed E-state index contributed by atoms with van der Waals surface area (Å²) in [4.78, 5) is 11.1. The third-order valence-electron chi connectivity index (χ3n) is 4.49. The van der Waals surface area contributed by atoms with Gasteiger partial charge in [-0.1, -0.05) is 6.07 Å². The van der Waals surface area contributed by atoms with Crippen LogP contribution in [0.15, 0.2) is 41.5 Å². The third kappa shape index (κ3) is 6.10. The molecule has 29 heavy (non-hydrogen) atoms. The van der Waals surface area contributed by atoms with Crippen LogP contribution in [0.4, 0.5) is 11.5 Å². The first-order valence-corrected chi connectivity index (χ1v) is 9.21. The van der Waals surface area contributed by atoms with Gasteiger partial charge >= 0.3 is 0 Å². The highest BCUT2D eigenvalue weighted by Gasteiger charge is 2.16. The lowest BCUT2D eigenvalue weighted by atomic mass is 10.2. The number of pyridine rings is 1. The Bertz CT molecular complexity index is 812. The first-order valence-electron chi connectivity index (χ1n) is 9.21. The summed E-state index contributed by atoms with van der Waals surface area (Å²) < 4.78 is 16.1. The van der Waals surface area contributed by atoms with Gasteiger partial charge in [0, 0.05) is 50.2 Å². The summed E-state index contributed by atoms with van der Waals surface area (Å²) in [5.74, 6) is 2.98. The van der Waals surface area contributed by atoms with Crippen molar-refractivity contribution in [2.45, 2.75) is 6.54 Å². The lowest BCUT2D eigenvalue weighted by molar-refractivity contribution is 0.122. The van der Waals surface area contributed by atoms with Crippen molar-refractivity contribution in [3.63, 3.8) is 0 Å². The van der Waals surface area contributed by atoms with Crippen LogP contribution in [0.2, 0.25) is 0 Å². The zero-order valence-electron chi connectivity index (χ0n) is 17.0. The van der Waals surface area contributed by atoms with Crippen LogP contribution in [0.25, 0.3) is 0 Å². The van der Waals surface area contributed by atoms with Crippen LogP contribution in [-0.2, 0) is 11.3 Å². The Morgan fingerprint density at radius 1 is 1.17 bits per heavy atom. The second kappa shape index (κ2) is 11.7. The van der Waals surface area contributed by atoms with Crippen molar-refractivity contribution in [1.82, 2.24) is 10.3 Å². The van der Waals surface area contributed by atoms with Crippen molar-refractivity contribution < 1.29 is 14.2 Å². The smallest absolute Gasteiger partial charge is 0.195 e. The summed E-state index contributed by atoms with van der Waals surface area (Å²) in [6, 6.07) is 9.67. The van der Waals surface area contributed by atoms with Gasteiger partial charge in [0.05, 0.1) is 27.4 Å². The van der Waals surface area contributed by atoms with Crippen LogP contribution >= 0.6 is 24.0 Å². The standard InChI is InChI=1S/C20H27N5O3.HI/c1-21-20(24-16-6-7-17(26-2)18(13-16)27-3)23-14-15-5-4-8-22-19(15)25-9-11-28-12-10-25;/h4-8,13H,9-12,14H2,1-3H3,(H2,21,23,24);1H. The Hall–Kier alpha value is -2.27. The molecule has 1 aliphatic rings. The Labute approximate surface area is 188 Å². The van der Waals surface area contributed by atoms with Gasteiger partial charge in [-0.3, -0.25) is 4.99 Å². The number of nitrogens with zero attached hydrogens (tertiary/aromatic N) is 3. The zero-order chi connectivity index (χ0) is 19.8. The molecule has 0 unspecified atom stereocenters. The molecule has 0 bridgehead atoms. The predicted molar refractivity (Wildman–Crippen MR) is 126 cm³/mol. The van der Waals surface area contributed by atoms with Crippen LogP contribution in [0, 0.1) is 0 Å². The molecule has 2 heterocycles. The molecule has 158 valence electrons. The first-order chi connectivity index (χ1) is 13.7. The number of morpholine rings is 1. The molecular formula is C20H28IN5O3. The number of hydrogen-bond acceptors (Lipinski definition) is 6. The molecule has 1 aromatic heterocycles. The van der Waals surface area contributed by atoms with E-state index in [0.717, 1.165) is 43.4 Å². The second-order valence-corrected chi connectivity index (χ2v) is 6.21. The quantitative estimate of drug-likeness (QED) is 0.350. The molecule has 0 atom stereocenters. The number of hydrogen-bond donors (Lipinski definition) is 2. The molecule has 1 aromatic carbocycles. The number of methoxy groups -OCH3 is 2. The van der Waals surface area contributed by atoms with Gasteiger partial charge in [0.25, 0.3) is 0 Å². The summed E-state index contributed by atoms with van der Waals surface area (Å²) in [7, 11) is 4.97. The maximum Gasteiger partial charge on any atom is 0.195 e. The van der Waals surface area contributed by atoms with Gasteiger partial charge in [-0.25, -0.2) is 4.98 Å². The largest absolute Gasteiger partial charge is 0.493 e. The number of guanidine groups is 1. The molecule has 8 nitrogen and oxygen atoms in total. The lowest BCUT2D eigenvalue weighted by Gasteiger charge is -2.29. The Balaban J connectivity index is 0.00000300. The van der Waals surface area contributed by atoms with E-state index in [9.17, 15) is 0 Å². The number of halogens is 1. The molecule has 9 heteroatoms. The summed E-state index contributed by atoms with van der Waals surface area (Å²) >= 11 is 0. The second-order valence-electron chi connectivity index (χ2n) is 6.21. The van der Waals surface area contributed by atoms with E-state index in [1.165, 1.54) is 0 Å². The number of benzene rings is 1. The Kier molecular flexibility index (Phi) is 9.26. The molecule has 3 rings (SSSR count). The number of rotatable bonds is 6. The van der Waals surface area contributed by atoms with Crippen LogP contribution in [0.3, 0.4) is 0 Å². The minimum atomic E-state index is 0. The topological polar surface area (TPSA) is 80.2 Å². The van der Waals surface area contributed by atoms with E-state index in [1.807, 2.05) is 30.5 Å². The fourth-order valence-corrected chi connectivity index (χ4v) is 3.04. The number of aromatic nitrogens is 1. The SMILES string of the molecule is CN=C(NCc1cccnc1N1CCOCC1)Nc1ccc(OC)c(OC)c1.I. The van der Waals surface area contributed by atoms with Crippen molar-refractivity contribution in [3.05, 3.63) is 42.1 Å². The fraction of sp³-hybridized carbons (Fsp3) is 0.400. The molecule has 1 aliphatic heterocycles. The molecule has 1 fully saturated rings. The molecule has 0 spiro atoms. The van der Waals surface area contributed by atoms with Gasteiger partial charge in [0.1, 0.15) is 5.82 Å². The van der Waals surface area contributed by atoms with Gasteiger partial charge in [0.15, 0.2) is 17.5 Å². The molecule has 0 radical (unpaired) electrons. The highest BCUT2D eigenvalue weighted by molar-refractivity contribution is 14.0. The van der Waals surface area contributed by atoms with Crippen molar-refractivity contribution in [3.8, 4) is 11.5 Å². The highest BCUT2D eigenvalue weighted by atomic mass is 127. The number of anilines is 2. The number of ether oxygens (including phenoxy) is 3. The van der Waals surface area contributed by atoms with Gasteiger partial charge < -0.3 is 29.7 Å². The van der Waals surface area contributed by atoms with E-state index in [1.54, 1.807) is 21.3 Å². The van der Waals surface area contributed by atoms with Crippen LogP contribution in [0.1, 0.15) is 5.56 Å². The maximum absolute atomic E-state index is 5.45. The van der Waals surface area contributed by atoms with E-state index in [-0.39, 0.29) is 24.0 Å². The molecule has 0 aliphatic carbocycles. The van der Waals surface area contributed by atoms with Crippen molar-refractivity contribution in [2.24, 2.45) is 4.99 Å². The summed E-state index contributed by atoms with van der Waals surface area (Å²) in [6.45, 7) is 3.76. The average Bonchev–Trinajstić information content (AvgIpc) is 2.77. The van der Waals surface area contributed by atoms with Crippen molar-refractivity contribution >= 4 is 41.4 Å². The Morgan fingerprint density at radius 2 is 1.93 bits per heavy atom. The fourth-order valence-electron chi connectivity index (χ4n) is 3.04. The summed E-state index contributed by atoms with van der Waals surface area (Å²) in [5, 5.41) is 6.62. The van der Waals surface area contributed by atoms with Crippen molar-refractivity contribution in [1.29, 1.82) is 0 Å². The van der Waals surface area contributed by atoms with E-state index in [4.69, 9.17) is 14.2 Å². The van der Waals surface area contributed by atoms with E-state index >= 15 is 0 Å². The molecule has 0 amide bonds. The average molecular weight is 513 g/mol. The maximum atomic E-state index is 5.45. The van der Waals surface area contributed by atoms with Gasteiger partial charge in [-0.2, -0.15) is 0 Å². The van der Waals surface area contributed by atoms with Crippen LogP contribution < -0.4 is 25.0 Å². The molecular weight excluding hydrogens is 485 g/mol. The van der Waals surface area contributed by atoms with Gasteiger partial charge in [0.2, 0.25) is 0 Å². The third-order valence-corrected chi connectivity index (χ3v) is 4.49. The minimum Gasteiger partial charge on any atom is -0.493 e. The lowest BCUT2D eigenvalue weighted by Crippen LogP contribution is -2.38. The van der Waals surface area contributed by atoms with Crippen LogP contribution in [0.5, 0.6) is 11.5 Å². The minimum absolute atomic E-state index is 0. The normalized spacial score (nSPS) is 14.0. The zero-order valence-corrected chi connectivity index (χ0v) is 19.3. The van der Waals surface area contributed by atoms with Gasteiger partial charge in [-0.05, 0) is 18.2 Å². The molecule has 0 saturated carbocycles. The highest BCUT2D eigenvalue weighted by Crippen LogP contribution is 2.29. The van der Waals surface area contributed by atoms with E-state index in [2.05, 4.69) is 31.6 Å².